The zero-order valence-corrected chi connectivity index (χ0v) is 14.7. The molecule has 0 saturated carbocycles. The number of methoxy groups -OCH3 is 1. The van der Waals surface area contributed by atoms with Gasteiger partial charge in [0.1, 0.15) is 0 Å². The quantitative estimate of drug-likeness (QED) is 0.747. The molecule has 0 spiro atoms. The number of hydrogen-bond acceptors (Lipinski definition) is 3. The molecule has 0 aliphatic heterocycles. The number of hydrogen-bond donors (Lipinski definition) is 1. The molecule has 0 atom stereocenters. The van der Waals surface area contributed by atoms with E-state index < -0.39 is 0 Å². The SMILES string of the molecule is COCCN(c1ccc(CNCC(C)C)cc1Cl)C(C)C. The summed E-state index contributed by atoms with van der Waals surface area (Å²) in [5, 5.41) is 4.25. The van der Waals surface area contributed by atoms with E-state index in [0.717, 1.165) is 30.3 Å². The van der Waals surface area contributed by atoms with Crippen molar-refractivity contribution in [2.45, 2.75) is 40.3 Å². The predicted molar refractivity (Wildman–Crippen MR) is 92.4 cm³/mol. The first-order valence-corrected chi connectivity index (χ1v) is 8.08. The highest BCUT2D eigenvalue weighted by atomic mass is 35.5. The van der Waals surface area contributed by atoms with Gasteiger partial charge in [-0.1, -0.05) is 31.5 Å². The number of ether oxygens (including phenoxy) is 1. The summed E-state index contributed by atoms with van der Waals surface area (Å²) in [4.78, 5) is 2.27. The van der Waals surface area contributed by atoms with E-state index in [1.54, 1.807) is 7.11 Å². The van der Waals surface area contributed by atoms with Gasteiger partial charge >= 0.3 is 0 Å². The normalized spacial score (nSPS) is 11.4. The Morgan fingerprint density at radius 3 is 2.48 bits per heavy atom. The second kappa shape index (κ2) is 9.29. The summed E-state index contributed by atoms with van der Waals surface area (Å²) in [7, 11) is 1.73. The summed E-state index contributed by atoms with van der Waals surface area (Å²) in [5.74, 6) is 0.658. The molecule has 21 heavy (non-hydrogen) atoms. The van der Waals surface area contributed by atoms with Gasteiger partial charge in [-0.05, 0) is 44.0 Å². The standard InChI is InChI=1S/C17H29ClN2O/c1-13(2)11-19-12-15-6-7-17(16(18)10-15)20(14(3)4)8-9-21-5/h6-7,10,13-14,19H,8-9,11-12H2,1-5H3. The summed E-state index contributed by atoms with van der Waals surface area (Å²) in [6.07, 6.45) is 0. The molecule has 4 heteroatoms. The van der Waals surface area contributed by atoms with Crippen molar-refractivity contribution in [1.82, 2.24) is 5.32 Å². The van der Waals surface area contributed by atoms with E-state index in [-0.39, 0.29) is 0 Å². The van der Waals surface area contributed by atoms with Crippen LogP contribution in [0.5, 0.6) is 0 Å². The van der Waals surface area contributed by atoms with E-state index in [0.29, 0.717) is 18.6 Å². The van der Waals surface area contributed by atoms with Crippen molar-refractivity contribution in [1.29, 1.82) is 0 Å². The lowest BCUT2D eigenvalue weighted by Gasteiger charge is -2.29. The minimum Gasteiger partial charge on any atom is -0.383 e. The molecule has 1 rings (SSSR count). The molecule has 0 radical (unpaired) electrons. The average Bonchev–Trinajstić information content (AvgIpc) is 2.40. The largest absolute Gasteiger partial charge is 0.383 e. The van der Waals surface area contributed by atoms with Crippen LogP contribution in [0.15, 0.2) is 18.2 Å². The van der Waals surface area contributed by atoms with Gasteiger partial charge in [-0.3, -0.25) is 0 Å². The van der Waals surface area contributed by atoms with Crippen LogP contribution in [0.4, 0.5) is 5.69 Å². The number of rotatable bonds is 9. The van der Waals surface area contributed by atoms with Crippen LogP contribution in [0.1, 0.15) is 33.3 Å². The Hall–Kier alpha value is -0.770. The van der Waals surface area contributed by atoms with Crippen molar-refractivity contribution in [3.8, 4) is 0 Å². The Labute approximate surface area is 134 Å². The summed E-state index contributed by atoms with van der Waals surface area (Å²) in [5.41, 5.74) is 2.30. The van der Waals surface area contributed by atoms with Gasteiger partial charge in [0, 0.05) is 26.2 Å². The fraction of sp³-hybridized carbons (Fsp3) is 0.647. The third-order valence-electron chi connectivity index (χ3n) is 3.36. The smallest absolute Gasteiger partial charge is 0.0642 e. The van der Waals surface area contributed by atoms with Gasteiger partial charge in [-0.25, -0.2) is 0 Å². The van der Waals surface area contributed by atoms with Crippen molar-refractivity contribution in [3.05, 3.63) is 28.8 Å². The molecule has 120 valence electrons. The Kier molecular flexibility index (Phi) is 8.09. The number of nitrogens with one attached hydrogen (secondary N) is 1. The average molecular weight is 313 g/mol. The van der Waals surface area contributed by atoms with Gasteiger partial charge in [0.15, 0.2) is 0 Å². The van der Waals surface area contributed by atoms with E-state index in [9.17, 15) is 0 Å². The molecular weight excluding hydrogens is 284 g/mol. The minimum absolute atomic E-state index is 0.391. The van der Waals surface area contributed by atoms with Crippen molar-refractivity contribution >= 4 is 17.3 Å². The monoisotopic (exact) mass is 312 g/mol. The molecule has 0 bridgehead atoms. The van der Waals surface area contributed by atoms with Crippen LogP contribution in [-0.4, -0.2) is 32.8 Å². The van der Waals surface area contributed by atoms with E-state index in [2.05, 4.69) is 56.1 Å². The Morgan fingerprint density at radius 1 is 1.24 bits per heavy atom. The van der Waals surface area contributed by atoms with Gasteiger partial charge in [0.05, 0.1) is 17.3 Å². The second-order valence-electron chi connectivity index (χ2n) is 6.09. The molecule has 1 aromatic carbocycles. The van der Waals surface area contributed by atoms with Crippen LogP contribution < -0.4 is 10.2 Å². The first kappa shape index (κ1) is 18.3. The van der Waals surface area contributed by atoms with Gasteiger partial charge in [0.25, 0.3) is 0 Å². The summed E-state index contributed by atoms with van der Waals surface area (Å²) >= 11 is 6.48. The van der Waals surface area contributed by atoms with E-state index in [4.69, 9.17) is 16.3 Å². The molecule has 0 amide bonds. The molecule has 0 aliphatic rings. The summed E-state index contributed by atoms with van der Waals surface area (Å²) in [6.45, 7) is 12.2. The van der Waals surface area contributed by atoms with Crippen LogP contribution in [0.3, 0.4) is 0 Å². The molecular formula is C17H29ClN2O. The molecule has 3 nitrogen and oxygen atoms in total. The highest BCUT2D eigenvalue weighted by molar-refractivity contribution is 6.33. The van der Waals surface area contributed by atoms with Crippen molar-refractivity contribution in [2.75, 3.05) is 31.7 Å². The van der Waals surface area contributed by atoms with Gasteiger partial charge < -0.3 is 15.0 Å². The lowest BCUT2D eigenvalue weighted by atomic mass is 10.1. The van der Waals surface area contributed by atoms with E-state index in [1.165, 1.54) is 5.56 Å². The van der Waals surface area contributed by atoms with Crippen LogP contribution in [0.25, 0.3) is 0 Å². The highest BCUT2D eigenvalue weighted by Gasteiger charge is 2.14. The van der Waals surface area contributed by atoms with Gasteiger partial charge in [0.2, 0.25) is 0 Å². The topological polar surface area (TPSA) is 24.5 Å². The lowest BCUT2D eigenvalue weighted by molar-refractivity contribution is 0.204. The molecule has 0 fully saturated rings. The summed E-state index contributed by atoms with van der Waals surface area (Å²) in [6, 6.07) is 6.72. The molecule has 0 aromatic heterocycles. The molecule has 1 aromatic rings. The van der Waals surface area contributed by atoms with E-state index in [1.807, 2.05) is 0 Å². The van der Waals surface area contributed by atoms with Crippen LogP contribution in [-0.2, 0) is 11.3 Å². The second-order valence-corrected chi connectivity index (χ2v) is 6.50. The fourth-order valence-electron chi connectivity index (χ4n) is 2.24. The summed E-state index contributed by atoms with van der Waals surface area (Å²) < 4.78 is 5.19. The first-order chi connectivity index (χ1) is 9.95. The molecule has 0 unspecified atom stereocenters. The maximum Gasteiger partial charge on any atom is 0.0642 e. The van der Waals surface area contributed by atoms with Crippen LogP contribution >= 0.6 is 11.6 Å². The number of anilines is 1. The number of halogens is 1. The van der Waals surface area contributed by atoms with Crippen molar-refractivity contribution in [3.63, 3.8) is 0 Å². The number of benzene rings is 1. The van der Waals surface area contributed by atoms with Crippen molar-refractivity contribution < 1.29 is 4.74 Å². The molecule has 1 N–H and O–H groups in total. The van der Waals surface area contributed by atoms with Gasteiger partial charge in [-0.2, -0.15) is 0 Å². The zero-order valence-electron chi connectivity index (χ0n) is 13.9. The third-order valence-corrected chi connectivity index (χ3v) is 3.67. The molecule has 0 heterocycles. The maximum absolute atomic E-state index is 6.48. The lowest BCUT2D eigenvalue weighted by Crippen LogP contribution is -2.34. The molecule has 0 aliphatic carbocycles. The van der Waals surface area contributed by atoms with E-state index >= 15 is 0 Å². The fourth-order valence-corrected chi connectivity index (χ4v) is 2.56. The van der Waals surface area contributed by atoms with Crippen molar-refractivity contribution in [2.24, 2.45) is 5.92 Å². The zero-order chi connectivity index (χ0) is 15.8. The maximum atomic E-state index is 6.48. The first-order valence-electron chi connectivity index (χ1n) is 7.70. The Morgan fingerprint density at radius 2 is 1.95 bits per heavy atom. The third kappa shape index (κ3) is 6.25. The predicted octanol–water partition coefficient (Wildman–Crippen LogP) is 3.95. The van der Waals surface area contributed by atoms with Crippen LogP contribution in [0, 0.1) is 5.92 Å². The highest BCUT2D eigenvalue weighted by Crippen LogP contribution is 2.28. The Bertz CT molecular complexity index is 421. The number of nitrogens with zero attached hydrogens (tertiary/aromatic N) is 1. The van der Waals surface area contributed by atoms with Crippen LogP contribution in [0.2, 0.25) is 5.02 Å². The Balaban J connectivity index is 2.75. The minimum atomic E-state index is 0.391. The van der Waals surface area contributed by atoms with Gasteiger partial charge in [-0.15, -0.1) is 0 Å². The molecule has 0 saturated heterocycles.